The van der Waals surface area contributed by atoms with Gasteiger partial charge in [-0.1, -0.05) is 91.0 Å². The quantitative estimate of drug-likeness (QED) is 0.182. The van der Waals surface area contributed by atoms with E-state index in [2.05, 4.69) is 5.64 Å². The molecule has 0 bridgehead atoms. The maximum absolute atomic E-state index is 12.4. The molecule has 6 heteroatoms. The Morgan fingerprint density at radius 2 is 1.31 bits per heavy atom. The third-order valence-corrected chi connectivity index (χ3v) is 3.79. The van der Waals surface area contributed by atoms with Crippen LogP contribution >= 0.6 is 0 Å². The minimum absolute atomic E-state index is 0.114. The van der Waals surface area contributed by atoms with Gasteiger partial charge in [-0.15, -0.1) is 0 Å². The molecule has 0 unspecified atom stereocenters. The van der Waals surface area contributed by atoms with E-state index in [1.54, 1.807) is 0 Å². The lowest BCUT2D eigenvalue weighted by Crippen LogP contribution is -2.20. The third kappa shape index (κ3) is 7.23. The van der Waals surface area contributed by atoms with E-state index < -0.39 is 5.97 Å². The first-order valence-electron chi connectivity index (χ1n) is 9.03. The van der Waals surface area contributed by atoms with Crippen molar-refractivity contribution in [1.29, 1.82) is 0 Å². The van der Waals surface area contributed by atoms with Crippen LogP contribution < -0.4 is 5.64 Å². The van der Waals surface area contributed by atoms with E-state index in [4.69, 9.17) is 19.5 Å². The summed E-state index contributed by atoms with van der Waals surface area (Å²) in [6.45, 7) is 0.391. The Morgan fingerprint density at radius 3 is 1.93 bits per heavy atom. The molecule has 6 nitrogen and oxygen atoms in total. The summed E-state index contributed by atoms with van der Waals surface area (Å²) >= 11 is 0. The van der Waals surface area contributed by atoms with E-state index in [1.807, 2.05) is 91.0 Å². The van der Waals surface area contributed by atoms with Crippen LogP contribution in [0.4, 0.5) is 0 Å². The molecule has 0 fully saturated rings. The van der Waals surface area contributed by atoms with Gasteiger partial charge in [-0.2, -0.15) is 4.89 Å². The summed E-state index contributed by atoms with van der Waals surface area (Å²) in [5, 5.41) is 0. The zero-order valence-corrected chi connectivity index (χ0v) is 15.7. The Bertz CT molecular complexity index is 898. The highest BCUT2D eigenvalue weighted by molar-refractivity contribution is 5.91. The van der Waals surface area contributed by atoms with Crippen LogP contribution in [-0.2, 0) is 37.5 Å². The molecule has 3 aromatic rings. The van der Waals surface area contributed by atoms with Gasteiger partial charge in [0.05, 0.1) is 6.61 Å². The molecule has 0 saturated carbocycles. The molecule has 0 aromatic heterocycles. The van der Waals surface area contributed by atoms with Crippen LogP contribution in [0, 0.1) is 0 Å². The summed E-state index contributed by atoms with van der Waals surface area (Å²) in [5.41, 5.74) is 4.90. The van der Waals surface area contributed by atoms with Crippen molar-refractivity contribution in [3.8, 4) is 0 Å². The summed E-state index contributed by atoms with van der Waals surface area (Å²) in [6, 6.07) is 28.1. The molecule has 0 heterocycles. The Morgan fingerprint density at radius 1 is 0.759 bits per heavy atom. The van der Waals surface area contributed by atoms with Gasteiger partial charge in [0.15, 0.2) is 0 Å². The van der Waals surface area contributed by atoms with Crippen LogP contribution in [0.25, 0.3) is 6.08 Å². The van der Waals surface area contributed by atoms with Crippen molar-refractivity contribution >= 4 is 12.0 Å². The lowest BCUT2D eigenvalue weighted by atomic mass is 10.2. The van der Waals surface area contributed by atoms with Crippen LogP contribution in [0.5, 0.6) is 0 Å². The summed E-state index contributed by atoms with van der Waals surface area (Å²) in [7, 11) is 0. The first-order chi connectivity index (χ1) is 14.3. The molecule has 148 valence electrons. The highest BCUT2D eigenvalue weighted by Gasteiger charge is 2.16. The van der Waals surface area contributed by atoms with E-state index in [0.717, 1.165) is 16.7 Å². The van der Waals surface area contributed by atoms with Crippen molar-refractivity contribution < 1.29 is 24.2 Å². The third-order valence-electron chi connectivity index (χ3n) is 3.79. The fraction of sp³-hybridized carbons (Fsp3) is 0.0870. The Balaban J connectivity index is 1.55. The van der Waals surface area contributed by atoms with Crippen molar-refractivity contribution in [2.24, 2.45) is 0 Å². The van der Waals surface area contributed by atoms with E-state index in [-0.39, 0.29) is 19.0 Å². The molecule has 0 atom stereocenters. The minimum atomic E-state index is -0.791. The van der Waals surface area contributed by atoms with Crippen molar-refractivity contribution in [2.75, 3.05) is 0 Å². The van der Waals surface area contributed by atoms with Crippen molar-refractivity contribution in [1.82, 2.24) is 5.64 Å². The molecule has 0 saturated heterocycles. The summed E-state index contributed by atoms with van der Waals surface area (Å²) < 4.78 is 0. The standard InChI is InChI=1S/C23H21NO5/c25-23(29-27-18-21-14-8-3-9-15-21)22(16-19-10-4-1-5-11-19)28-24-26-17-20-12-6-2-7-13-20/h1-16,24H,17-18H2. The van der Waals surface area contributed by atoms with Crippen LogP contribution in [-0.4, -0.2) is 5.97 Å². The van der Waals surface area contributed by atoms with Gasteiger partial charge < -0.3 is 4.84 Å². The van der Waals surface area contributed by atoms with Gasteiger partial charge in [-0.05, 0) is 28.4 Å². The highest BCUT2D eigenvalue weighted by Crippen LogP contribution is 2.10. The van der Waals surface area contributed by atoms with E-state index >= 15 is 0 Å². The molecule has 29 heavy (non-hydrogen) atoms. The average molecular weight is 391 g/mol. The largest absolute Gasteiger partial charge is 0.410 e. The van der Waals surface area contributed by atoms with Gasteiger partial charge >= 0.3 is 5.97 Å². The molecule has 1 N–H and O–H groups in total. The van der Waals surface area contributed by atoms with Gasteiger partial charge in [0.1, 0.15) is 6.61 Å². The molecule has 0 aliphatic rings. The molecule has 0 spiro atoms. The molecule has 0 radical (unpaired) electrons. The lowest BCUT2D eigenvalue weighted by Gasteiger charge is -2.10. The topological polar surface area (TPSA) is 66.0 Å². The first kappa shape index (κ1) is 20.3. The number of benzene rings is 3. The van der Waals surface area contributed by atoms with E-state index in [0.29, 0.717) is 0 Å². The Labute approximate surface area is 169 Å². The number of carbonyl (C=O) groups excluding carboxylic acids is 1. The monoisotopic (exact) mass is 391 g/mol. The number of nitrogens with one attached hydrogen (secondary N) is 1. The van der Waals surface area contributed by atoms with Crippen molar-refractivity contribution in [3.05, 3.63) is 113 Å². The molecule has 0 aliphatic heterocycles. The Hall–Kier alpha value is -3.45. The molecule has 0 aliphatic carbocycles. The SMILES string of the molecule is O=C(OOCc1ccccc1)C(=Cc1ccccc1)ONOCc1ccccc1. The second-order valence-electron chi connectivity index (χ2n) is 6.00. The fourth-order valence-corrected chi connectivity index (χ4v) is 2.36. The molecular weight excluding hydrogens is 370 g/mol. The second kappa shape index (κ2) is 11.4. The first-order valence-corrected chi connectivity index (χ1v) is 9.03. The zero-order valence-electron chi connectivity index (χ0n) is 15.7. The number of carbonyl (C=O) groups is 1. The van der Waals surface area contributed by atoms with Gasteiger partial charge in [0.2, 0.25) is 5.76 Å². The van der Waals surface area contributed by atoms with Crippen molar-refractivity contribution in [3.63, 3.8) is 0 Å². The van der Waals surface area contributed by atoms with Crippen LogP contribution in [0.15, 0.2) is 96.8 Å². The second-order valence-corrected chi connectivity index (χ2v) is 6.00. The minimum Gasteiger partial charge on any atom is -0.375 e. The van der Waals surface area contributed by atoms with Gasteiger partial charge in [-0.25, -0.2) is 4.79 Å². The average Bonchev–Trinajstić information content (AvgIpc) is 2.78. The lowest BCUT2D eigenvalue weighted by molar-refractivity contribution is -0.281. The molecule has 0 amide bonds. The predicted octanol–water partition coefficient (Wildman–Crippen LogP) is 4.36. The van der Waals surface area contributed by atoms with Crippen LogP contribution in [0.1, 0.15) is 16.7 Å². The maximum Gasteiger partial charge on any atom is 0.410 e. The van der Waals surface area contributed by atoms with Gasteiger partial charge in [-0.3, -0.25) is 9.73 Å². The van der Waals surface area contributed by atoms with Crippen LogP contribution in [0.3, 0.4) is 0 Å². The normalized spacial score (nSPS) is 11.1. The van der Waals surface area contributed by atoms with Gasteiger partial charge in [0, 0.05) is 0 Å². The number of rotatable bonds is 10. The fourth-order valence-electron chi connectivity index (χ4n) is 2.36. The summed E-state index contributed by atoms with van der Waals surface area (Å²) in [6.07, 6.45) is 1.52. The summed E-state index contributed by atoms with van der Waals surface area (Å²) in [5.74, 6) is -0.905. The smallest absolute Gasteiger partial charge is 0.375 e. The van der Waals surface area contributed by atoms with Crippen LogP contribution in [0.2, 0.25) is 0 Å². The summed E-state index contributed by atoms with van der Waals surface area (Å²) in [4.78, 5) is 32.8. The Kier molecular flexibility index (Phi) is 7.98. The molecule has 3 aromatic carbocycles. The van der Waals surface area contributed by atoms with Crippen molar-refractivity contribution in [2.45, 2.75) is 13.2 Å². The molecule has 3 rings (SSSR count). The van der Waals surface area contributed by atoms with E-state index in [1.165, 1.54) is 6.08 Å². The predicted molar refractivity (Wildman–Crippen MR) is 107 cm³/mol. The van der Waals surface area contributed by atoms with E-state index in [9.17, 15) is 4.79 Å². The van der Waals surface area contributed by atoms with Gasteiger partial charge in [0.25, 0.3) is 0 Å². The number of hydrogen-bond donors (Lipinski definition) is 1. The molecular formula is C23H21NO5. The number of hydrogen-bond acceptors (Lipinski definition) is 6. The zero-order chi connectivity index (χ0) is 20.2. The highest BCUT2D eigenvalue weighted by atomic mass is 17.2. The maximum atomic E-state index is 12.4.